The van der Waals surface area contributed by atoms with Crippen molar-refractivity contribution in [3.8, 4) is 0 Å². The van der Waals surface area contributed by atoms with E-state index >= 15 is 0 Å². The second-order valence-corrected chi connectivity index (χ2v) is 8.49. The van der Waals surface area contributed by atoms with Crippen molar-refractivity contribution in [1.82, 2.24) is 0 Å². The molecule has 0 atom stereocenters. The van der Waals surface area contributed by atoms with Crippen LogP contribution in [-0.4, -0.2) is 5.78 Å². The van der Waals surface area contributed by atoms with E-state index in [9.17, 15) is 22.4 Å². The first-order chi connectivity index (χ1) is 13.5. The lowest BCUT2D eigenvalue weighted by Crippen LogP contribution is -2.29. The summed E-state index contributed by atoms with van der Waals surface area (Å²) in [6.07, 6.45) is 4.14. The van der Waals surface area contributed by atoms with Crippen LogP contribution in [0.3, 0.4) is 0 Å². The van der Waals surface area contributed by atoms with Crippen LogP contribution in [0.4, 0.5) is 17.6 Å². The predicted molar refractivity (Wildman–Crippen MR) is 106 cm³/mol. The number of hydrogen-bond donors (Lipinski definition) is 0. The van der Waals surface area contributed by atoms with Crippen molar-refractivity contribution in [2.24, 2.45) is 11.3 Å². The second-order valence-electron chi connectivity index (χ2n) is 8.49. The highest BCUT2D eigenvalue weighted by molar-refractivity contribution is 6.14. The minimum Gasteiger partial charge on any atom is -0.289 e. The average molecular weight is 402 g/mol. The SMILES string of the molecule is CC(C)(C)C1C/C(=C\c2ccc(F)c(F)c2)C(=O)/C(=C/c2ccc(F)c(F)c2)C1. The summed E-state index contributed by atoms with van der Waals surface area (Å²) in [5.74, 6) is -3.96. The number of benzene rings is 2. The van der Waals surface area contributed by atoms with E-state index in [0.29, 0.717) is 35.1 Å². The highest BCUT2D eigenvalue weighted by atomic mass is 19.2. The van der Waals surface area contributed by atoms with Crippen LogP contribution in [0.25, 0.3) is 12.2 Å². The Labute approximate surface area is 167 Å². The van der Waals surface area contributed by atoms with Crippen molar-refractivity contribution in [2.45, 2.75) is 33.6 Å². The zero-order valence-corrected chi connectivity index (χ0v) is 16.5. The number of carbonyl (C=O) groups excluding carboxylic acids is 1. The van der Waals surface area contributed by atoms with Gasteiger partial charge in [-0.3, -0.25) is 4.79 Å². The lowest BCUT2D eigenvalue weighted by atomic mass is 9.68. The summed E-state index contributed by atoms with van der Waals surface area (Å²) >= 11 is 0. The fourth-order valence-electron chi connectivity index (χ4n) is 3.46. The van der Waals surface area contributed by atoms with Crippen LogP contribution < -0.4 is 0 Å². The van der Waals surface area contributed by atoms with Gasteiger partial charge in [0.25, 0.3) is 0 Å². The fourth-order valence-corrected chi connectivity index (χ4v) is 3.46. The summed E-state index contributed by atoms with van der Waals surface area (Å²) in [7, 11) is 0. The molecule has 0 saturated heterocycles. The third-order valence-corrected chi connectivity index (χ3v) is 5.31. The number of ketones is 1. The van der Waals surface area contributed by atoms with Crippen LogP contribution in [0.15, 0.2) is 47.5 Å². The van der Waals surface area contributed by atoms with Gasteiger partial charge in [-0.2, -0.15) is 0 Å². The van der Waals surface area contributed by atoms with E-state index in [1.807, 2.05) is 0 Å². The Morgan fingerprint density at radius 2 is 1.17 bits per heavy atom. The molecule has 0 amide bonds. The predicted octanol–water partition coefficient (Wildman–Crippen LogP) is 6.74. The third kappa shape index (κ3) is 4.84. The molecule has 29 heavy (non-hydrogen) atoms. The number of allylic oxidation sites excluding steroid dienone is 2. The highest BCUT2D eigenvalue weighted by Crippen LogP contribution is 2.42. The third-order valence-electron chi connectivity index (χ3n) is 5.31. The van der Waals surface area contributed by atoms with Crippen LogP contribution in [0.2, 0.25) is 0 Å². The van der Waals surface area contributed by atoms with Gasteiger partial charge in [-0.05, 0) is 71.7 Å². The monoisotopic (exact) mass is 402 g/mol. The minimum atomic E-state index is -0.979. The first kappa shape index (κ1) is 21.0. The van der Waals surface area contributed by atoms with E-state index in [-0.39, 0.29) is 17.1 Å². The molecule has 0 spiro atoms. The topological polar surface area (TPSA) is 17.1 Å². The Kier molecular flexibility index (Phi) is 5.78. The first-order valence-electron chi connectivity index (χ1n) is 9.40. The van der Waals surface area contributed by atoms with Gasteiger partial charge in [-0.1, -0.05) is 32.9 Å². The van der Waals surface area contributed by atoms with Gasteiger partial charge in [0.1, 0.15) is 0 Å². The Morgan fingerprint density at radius 3 is 1.52 bits per heavy atom. The molecular weight excluding hydrogens is 380 g/mol. The maximum absolute atomic E-state index is 13.6. The van der Waals surface area contributed by atoms with Crippen LogP contribution in [0, 0.1) is 34.6 Å². The number of carbonyl (C=O) groups is 1. The number of rotatable bonds is 2. The molecule has 0 N–H and O–H groups in total. The molecule has 1 aliphatic carbocycles. The lowest BCUT2D eigenvalue weighted by molar-refractivity contribution is -0.113. The fraction of sp³-hybridized carbons (Fsp3) is 0.292. The van der Waals surface area contributed by atoms with E-state index in [2.05, 4.69) is 20.8 Å². The molecule has 0 aromatic heterocycles. The molecule has 0 heterocycles. The van der Waals surface area contributed by atoms with Gasteiger partial charge < -0.3 is 0 Å². The largest absolute Gasteiger partial charge is 0.289 e. The van der Waals surface area contributed by atoms with Gasteiger partial charge in [0.15, 0.2) is 29.1 Å². The molecular formula is C24H22F4O. The highest BCUT2D eigenvalue weighted by Gasteiger charge is 2.34. The van der Waals surface area contributed by atoms with Crippen LogP contribution in [0.5, 0.6) is 0 Å². The quantitative estimate of drug-likeness (QED) is 0.402. The van der Waals surface area contributed by atoms with Crippen molar-refractivity contribution >= 4 is 17.9 Å². The molecule has 5 heteroatoms. The lowest BCUT2D eigenvalue weighted by Gasteiger charge is -2.35. The standard InChI is InChI=1S/C24H22F4O/c1-24(2,3)18-12-16(8-14-4-6-19(25)21(27)10-14)23(29)17(13-18)9-15-5-7-20(26)22(28)11-15/h4-11,18H,12-13H2,1-3H3/b16-8+,17-9+. The average Bonchev–Trinajstić information content (AvgIpc) is 2.63. The van der Waals surface area contributed by atoms with Gasteiger partial charge in [0.2, 0.25) is 0 Å². The Morgan fingerprint density at radius 1 is 0.759 bits per heavy atom. The molecule has 1 nitrogen and oxygen atoms in total. The number of halogens is 4. The molecule has 152 valence electrons. The molecule has 0 aliphatic heterocycles. The van der Waals surface area contributed by atoms with Crippen molar-refractivity contribution < 1.29 is 22.4 Å². The molecule has 1 saturated carbocycles. The van der Waals surface area contributed by atoms with E-state index in [1.54, 1.807) is 12.2 Å². The van der Waals surface area contributed by atoms with Gasteiger partial charge in [0, 0.05) is 11.1 Å². The number of hydrogen-bond acceptors (Lipinski definition) is 1. The van der Waals surface area contributed by atoms with Crippen molar-refractivity contribution in [1.29, 1.82) is 0 Å². The van der Waals surface area contributed by atoms with Gasteiger partial charge >= 0.3 is 0 Å². The normalized spacial score (nSPS) is 20.5. The van der Waals surface area contributed by atoms with Crippen molar-refractivity contribution in [3.63, 3.8) is 0 Å². The zero-order valence-electron chi connectivity index (χ0n) is 16.5. The van der Waals surface area contributed by atoms with Gasteiger partial charge in [0.05, 0.1) is 0 Å². The molecule has 0 radical (unpaired) electrons. The van der Waals surface area contributed by atoms with Crippen LogP contribution in [-0.2, 0) is 4.79 Å². The van der Waals surface area contributed by atoms with Crippen LogP contribution in [0.1, 0.15) is 44.7 Å². The first-order valence-corrected chi connectivity index (χ1v) is 9.40. The smallest absolute Gasteiger partial charge is 0.185 e. The van der Waals surface area contributed by atoms with E-state index in [4.69, 9.17) is 0 Å². The molecule has 3 rings (SSSR count). The number of Topliss-reactive ketones (excluding diaryl/α,β-unsaturated/α-hetero) is 1. The van der Waals surface area contributed by atoms with Gasteiger partial charge in [-0.25, -0.2) is 17.6 Å². The molecule has 0 unspecified atom stereocenters. The summed E-state index contributed by atoms with van der Waals surface area (Å²) in [6, 6.07) is 6.98. The van der Waals surface area contributed by atoms with Crippen LogP contribution >= 0.6 is 0 Å². The maximum atomic E-state index is 13.6. The van der Waals surface area contributed by atoms with Crippen molar-refractivity contribution in [3.05, 3.63) is 81.9 Å². The van der Waals surface area contributed by atoms with Gasteiger partial charge in [-0.15, -0.1) is 0 Å². The summed E-state index contributed by atoms with van der Waals surface area (Å²) in [6.45, 7) is 6.20. The van der Waals surface area contributed by atoms with Crippen molar-refractivity contribution in [2.75, 3.05) is 0 Å². The van der Waals surface area contributed by atoms with E-state index in [1.165, 1.54) is 12.1 Å². The minimum absolute atomic E-state index is 0.110. The molecule has 2 aromatic carbocycles. The molecule has 1 fully saturated rings. The summed E-state index contributed by atoms with van der Waals surface area (Å²) < 4.78 is 53.5. The second kappa shape index (κ2) is 7.97. The summed E-state index contributed by atoms with van der Waals surface area (Å²) in [4.78, 5) is 13.0. The molecule has 2 aromatic rings. The van der Waals surface area contributed by atoms with E-state index < -0.39 is 23.3 Å². The molecule has 1 aliphatic rings. The molecule has 0 bridgehead atoms. The Balaban J connectivity index is 2.03. The van der Waals surface area contributed by atoms with E-state index in [0.717, 1.165) is 24.3 Å². The Bertz CT molecular complexity index is 939. The maximum Gasteiger partial charge on any atom is 0.185 e. The summed E-state index contributed by atoms with van der Waals surface area (Å²) in [5.41, 5.74) is 1.65. The summed E-state index contributed by atoms with van der Waals surface area (Å²) in [5, 5.41) is 0. The Hall–Kier alpha value is -2.69. The zero-order chi connectivity index (χ0) is 21.3.